The second-order valence-corrected chi connectivity index (χ2v) is 1.80. The fraction of sp³-hybridized carbons (Fsp3) is 1.00. The molecule has 0 fully saturated rings. The third kappa shape index (κ3) is 3.32. The van der Waals surface area contributed by atoms with E-state index in [-0.39, 0.29) is 6.42 Å². The molecule has 9 heavy (non-hydrogen) atoms. The Morgan fingerprint density at radius 1 is 1.33 bits per heavy atom. The predicted octanol–water partition coefficient (Wildman–Crippen LogP) is 2.69. The first kappa shape index (κ1) is 8.72. The summed E-state index contributed by atoms with van der Waals surface area (Å²) >= 11 is 0. The van der Waals surface area contributed by atoms with Crippen LogP contribution in [0.5, 0.6) is 0 Å². The van der Waals surface area contributed by atoms with E-state index in [2.05, 4.69) is 0 Å². The van der Waals surface area contributed by atoms with Crippen molar-refractivity contribution in [1.82, 2.24) is 0 Å². The molecule has 0 spiro atoms. The summed E-state index contributed by atoms with van der Waals surface area (Å²) in [6.07, 6.45) is -7.50. The van der Waals surface area contributed by atoms with Crippen LogP contribution < -0.4 is 0 Å². The molecule has 0 saturated heterocycles. The third-order valence-corrected chi connectivity index (χ3v) is 0.897. The number of rotatable bonds is 2. The van der Waals surface area contributed by atoms with E-state index < -0.39 is 18.8 Å². The highest BCUT2D eigenvalue weighted by molar-refractivity contribution is 4.63. The molecule has 0 aliphatic rings. The van der Waals surface area contributed by atoms with Crippen LogP contribution in [0.1, 0.15) is 19.8 Å². The highest BCUT2D eigenvalue weighted by Gasteiger charge is 2.38. The van der Waals surface area contributed by atoms with Crippen molar-refractivity contribution in [3.63, 3.8) is 0 Å². The van der Waals surface area contributed by atoms with Crippen LogP contribution in [0.3, 0.4) is 0 Å². The summed E-state index contributed by atoms with van der Waals surface area (Å²) in [5.41, 5.74) is 0. The predicted molar refractivity (Wildman–Crippen MR) is 25.9 cm³/mol. The average Bonchev–Trinajstić information content (AvgIpc) is 1.64. The van der Waals surface area contributed by atoms with E-state index in [0.717, 1.165) is 0 Å². The van der Waals surface area contributed by atoms with Gasteiger partial charge in [0, 0.05) is 0 Å². The molecule has 56 valence electrons. The molecule has 0 amide bonds. The summed E-state index contributed by atoms with van der Waals surface area (Å²) in [5.74, 6) is 0. The zero-order chi connectivity index (χ0) is 7.49. The lowest BCUT2D eigenvalue weighted by molar-refractivity contribution is -0.181. The van der Waals surface area contributed by atoms with Crippen LogP contribution in [0, 0.1) is 0 Å². The fourth-order valence-corrected chi connectivity index (χ4v) is 0.417. The number of hydrogen-bond acceptors (Lipinski definition) is 0. The SMILES string of the molecule is CCC[C@H](F)C(F)(F)F. The van der Waals surface area contributed by atoms with Gasteiger partial charge in [-0.2, -0.15) is 13.2 Å². The Morgan fingerprint density at radius 2 is 1.78 bits per heavy atom. The molecule has 1 atom stereocenters. The Hall–Kier alpha value is -0.280. The van der Waals surface area contributed by atoms with Crippen molar-refractivity contribution in [3.05, 3.63) is 0 Å². The lowest BCUT2D eigenvalue weighted by Gasteiger charge is -2.09. The van der Waals surface area contributed by atoms with Gasteiger partial charge in [-0.15, -0.1) is 0 Å². The van der Waals surface area contributed by atoms with Gasteiger partial charge in [-0.1, -0.05) is 13.3 Å². The topological polar surface area (TPSA) is 0 Å². The summed E-state index contributed by atoms with van der Waals surface area (Å²) in [5, 5.41) is 0. The van der Waals surface area contributed by atoms with Crippen LogP contribution in [-0.2, 0) is 0 Å². The van der Waals surface area contributed by atoms with E-state index in [0.29, 0.717) is 0 Å². The maximum Gasteiger partial charge on any atom is 0.419 e. The maximum atomic E-state index is 11.8. The van der Waals surface area contributed by atoms with Crippen molar-refractivity contribution in [2.45, 2.75) is 32.1 Å². The zero-order valence-electron chi connectivity index (χ0n) is 5.00. The van der Waals surface area contributed by atoms with E-state index >= 15 is 0 Å². The summed E-state index contributed by atoms with van der Waals surface area (Å²) in [4.78, 5) is 0. The quantitative estimate of drug-likeness (QED) is 0.522. The summed E-state index contributed by atoms with van der Waals surface area (Å²) < 4.78 is 45.6. The summed E-state index contributed by atoms with van der Waals surface area (Å²) in [6, 6.07) is 0. The largest absolute Gasteiger partial charge is 0.419 e. The molecule has 0 N–H and O–H groups in total. The highest BCUT2D eigenvalue weighted by Crippen LogP contribution is 2.25. The van der Waals surface area contributed by atoms with Crippen molar-refractivity contribution in [1.29, 1.82) is 0 Å². The Labute approximate surface area is 50.9 Å². The molecule has 4 heteroatoms. The van der Waals surface area contributed by atoms with Gasteiger partial charge in [0.25, 0.3) is 0 Å². The smallest absolute Gasteiger partial charge is 0.237 e. The first-order chi connectivity index (χ1) is 3.98. The van der Waals surface area contributed by atoms with Crippen LogP contribution in [0.2, 0.25) is 0 Å². The van der Waals surface area contributed by atoms with Gasteiger partial charge >= 0.3 is 6.18 Å². The van der Waals surface area contributed by atoms with Gasteiger partial charge in [-0.05, 0) is 6.42 Å². The maximum absolute atomic E-state index is 11.8. The lowest BCUT2D eigenvalue weighted by atomic mass is 10.2. The number of alkyl halides is 4. The van der Waals surface area contributed by atoms with Crippen molar-refractivity contribution in [2.24, 2.45) is 0 Å². The molecule has 0 aromatic rings. The van der Waals surface area contributed by atoms with Crippen LogP contribution in [0.25, 0.3) is 0 Å². The van der Waals surface area contributed by atoms with Crippen LogP contribution in [0.15, 0.2) is 0 Å². The molecule has 0 aliphatic carbocycles. The van der Waals surface area contributed by atoms with Crippen molar-refractivity contribution in [3.8, 4) is 0 Å². The van der Waals surface area contributed by atoms with Gasteiger partial charge in [0.2, 0.25) is 0 Å². The van der Waals surface area contributed by atoms with Gasteiger partial charge in [-0.25, -0.2) is 4.39 Å². The van der Waals surface area contributed by atoms with Crippen LogP contribution >= 0.6 is 0 Å². The Kier molecular flexibility index (Phi) is 2.94. The lowest BCUT2D eigenvalue weighted by Crippen LogP contribution is -2.23. The molecule has 0 unspecified atom stereocenters. The Bertz CT molecular complexity index is 75.5. The molecular formula is C5H8F4. The zero-order valence-corrected chi connectivity index (χ0v) is 5.00. The van der Waals surface area contributed by atoms with Gasteiger partial charge < -0.3 is 0 Å². The van der Waals surface area contributed by atoms with Gasteiger partial charge in [0.1, 0.15) is 0 Å². The van der Waals surface area contributed by atoms with E-state index in [1.54, 1.807) is 0 Å². The van der Waals surface area contributed by atoms with Gasteiger partial charge in [-0.3, -0.25) is 0 Å². The molecule has 0 aromatic carbocycles. The monoisotopic (exact) mass is 144 g/mol. The second kappa shape index (κ2) is 3.03. The van der Waals surface area contributed by atoms with E-state index in [9.17, 15) is 17.6 Å². The molecule has 0 rings (SSSR count). The first-order valence-electron chi connectivity index (χ1n) is 2.69. The Morgan fingerprint density at radius 3 is 1.89 bits per heavy atom. The second-order valence-electron chi connectivity index (χ2n) is 1.80. The van der Waals surface area contributed by atoms with E-state index in [1.807, 2.05) is 0 Å². The van der Waals surface area contributed by atoms with Crippen molar-refractivity contribution < 1.29 is 17.6 Å². The standard InChI is InChI=1S/C5H8F4/c1-2-3-4(6)5(7,8)9/h4H,2-3H2,1H3/t4-/m0/s1. The number of halogens is 4. The van der Waals surface area contributed by atoms with Crippen molar-refractivity contribution >= 4 is 0 Å². The normalized spacial score (nSPS) is 15.7. The summed E-state index contributed by atoms with van der Waals surface area (Å²) in [6.45, 7) is 1.51. The van der Waals surface area contributed by atoms with Crippen LogP contribution in [0.4, 0.5) is 17.6 Å². The minimum absolute atomic E-state index is 0.223. The minimum atomic E-state index is -4.66. The molecular weight excluding hydrogens is 136 g/mol. The Balaban J connectivity index is 3.59. The molecule has 0 radical (unpaired) electrons. The molecule has 0 aliphatic heterocycles. The minimum Gasteiger partial charge on any atom is -0.237 e. The van der Waals surface area contributed by atoms with Crippen LogP contribution in [-0.4, -0.2) is 12.3 Å². The molecule has 0 nitrogen and oxygen atoms in total. The summed E-state index contributed by atoms with van der Waals surface area (Å²) in [7, 11) is 0. The first-order valence-corrected chi connectivity index (χ1v) is 2.69. The van der Waals surface area contributed by atoms with Gasteiger partial charge in [0.15, 0.2) is 6.17 Å². The van der Waals surface area contributed by atoms with Crippen molar-refractivity contribution in [2.75, 3.05) is 0 Å². The third-order valence-electron chi connectivity index (χ3n) is 0.897. The fourth-order valence-electron chi connectivity index (χ4n) is 0.417. The number of hydrogen-bond donors (Lipinski definition) is 0. The van der Waals surface area contributed by atoms with E-state index in [4.69, 9.17) is 0 Å². The molecule has 0 saturated carbocycles. The highest BCUT2D eigenvalue weighted by atomic mass is 19.4. The van der Waals surface area contributed by atoms with E-state index in [1.165, 1.54) is 6.92 Å². The molecule has 0 heterocycles. The average molecular weight is 144 g/mol. The molecule has 0 aromatic heterocycles. The van der Waals surface area contributed by atoms with Gasteiger partial charge in [0.05, 0.1) is 0 Å². The molecule has 0 bridgehead atoms.